The maximum atomic E-state index is 14.0. The van der Waals surface area contributed by atoms with E-state index in [9.17, 15) is 8.78 Å². The van der Waals surface area contributed by atoms with Crippen molar-refractivity contribution in [3.05, 3.63) is 68.7 Å². The first-order chi connectivity index (χ1) is 9.45. The van der Waals surface area contributed by atoms with Gasteiger partial charge in [0.2, 0.25) is 0 Å². The summed E-state index contributed by atoms with van der Waals surface area (Å²) < 4.78 is 27.3. The Morgan fingerprint density at radius 1 is 1.10 bits per heavy atom. The molecule has 106 valence electrons. The number of hydrogen-bond acceptors (Lipinski definition) is 2. The summed E-state index contributed by atoms with van der Waals surface area (Å²) in [6, 6.07) is 6.48. The Labute approximate surface area is 125 Å². The van der Waals surface area contributed by atoms with Crippen LogP contribution in [0.15, 0.2) is 30.3 Å². The van der Waals surface area contributed by atoms with Gasteiger partial charge in [0, 0.05) is 11.6 Å². The fraction of sp³-hybridized carbons (Fsp3) is 0.143. The smallest absolute Gasteiger partial charge is 0.131 e. The molecule has 20 heavy (non-hydrogen) atoms. The molecule has 2 rings (SSSR count). The van der Waals surface area contributed by atoms with Gasteiger partial charge in [0.1, 0.15) is 11.6 Å². The molecule has 0 radical (unpaired) electrons. The summed E-state index contributed by atoms with van der Waals surface area (Å²) in [5.41, 5.74) is 3.53. The number of nitrogens with two attached hydrogens (primary N) is 1. The predicted molar refractivity (Wildman–Crippen MR) is 76.7 cm³/mol. The lowest BCUT2D eigenvalue weighted by Gasteiger charge is -2.20. The van der Waals surface area contributed by atoms with Crippen molar-refractivity contribution >= 4 is 23.2 Å². The lowest BCUT2D eigenvalue weighted by Crippen LogP contribution is -2.30. The first-order valence-corrected chi connectivity index (χ1v) is 6.57. The number of aryl methyl sites for hydroxylation is 1. The minimum Gasteiger partial charge on any atom is -0.271 e. The van der Waals surface area contributed by atoms with Gasteiger partial charge < -0.3 is 0 Å². The molecule has 0 saturated carbocycles. The Morgan fingerprint density at radius 2 is 1.80 bits per heavy atom. The third-order valence-corrected chi connectivity index (χ3v) is 3.88. The van der Waals surface area contributed by atoms with Gasteiger partial charge in [-0.1, -0.05) is 35.3 Å². The van der Waals surface area contributed by atoms with Gasteiger partial charge >= 0.3 is 0 Å². The van der Waals surface area contributed by atoms with Crippen LogP contribution in [0.2, 0.25) is 10.0 Å². The van der Waals surface area contributed by atoms with E-state index in [1.165, 1.54) is 6.07 Å². The molecule has 0 saturated heterocycles. The summed E-state index contributed by atoms with van der Waals surface area (Å²) in [5, 5.41) is 0.613. The molecular formula is C14H12Cl2F2N2. The summed E-state index contributed by atoms with van der Waals surface area (Å²) in [7, 11) is 0. The van der Waals surface area contributed by atoms with Gasteiger partial charge in [0.15, 0.2) is 0 Å². The minimum absolute atomic E-state index is 0.204. The second kappa shape index (κ2) is 6.06. The first kappa shape index (κ1) is 15.2. The lowest BCUT2D eigenvalue weighted by molar-refractivity contribution is 0.538. The van der Waals surface area contributed by atoms with Crippen molar-refractivity contribution in [2.45, 2.75) is 13.0 Å². The number of benzene rings is 2. The maximum absolute atomic E-state index is 14.0. The molecule has 0 aliphatic heterocycles. The van der Waals surface area contributed by atoms with Gasteiger partial charge in [-0.05, 0) is 30.2 Å². The van der Waals surface area contributed by atoms with Crippen LogP contribution in [-0.2, 0) is 0 Å². The van der Waals surface area contributed by atoms with Gasteiger partial charge in [-0.2, -0.15) is 0 Å². The van der Waals surface area contributed by atoms with E-state index in [1.54, 1.807) is 25.1 Å². The standard InChI is InChI=1S/C14H12Cl2F2N2/c1-7-5-9(12(18)6-11(7)17)14(20-19)8-3-2-4-10(15)13(8)16/h2-6,14,20H,19H2,1H3. The summed E-state index contributed by atoms with van der Waals surface area (Å²) in [6.07, 6.45) is 0. The first-order valence-electron chi connectivity index (χ1n) is 5.81. The quantitative estimate of drug-likeness (QED) is 0.660. The van der Waals surface area contributed by atoms with Crippen LogP contribution < -0.4 is 11.3 Å². The molecule has 6 heteroatoms. The molecule has 0 fully saturated rings. The highest BCUT2D eigenvalue weighted by molar-refractivity contribution is 6.42. The summed E-state index contributed by atoms with van der Waals surface area (Å²) in [5.74, 6) is 4.19. The second-order valence-corrected chi connectivity index (χ2v) is 5.15. The third-order valence-electron chi connectivity index (χ3n) is 3.05. The van der Waals surface area contributed by atoms with Crippen LogP contribution in [0.5, 0.6) is 0 Å². The number of halogens is 4. The molecule has 0 spiro atoms. The Hall–Kier alpha value is -1.20. The van der Waals surface area contributed by atoms with Crippen molar-refractivity contribution in [1.82, 2.24) is 5.43 Å². The molecule has 0 aliphatic carbocycles. The molecule has 3 N–H and O–H groups in total. The van der Waals surface area contributed by atoms with E-state index in [-0.39, 0.29) is 10.6 Å². The molecule has 0 heterocycles. The Morgan fingerprint density at radius 3 is 2.45 bits per heavy atom. The van der Waals surface area contributed by atoms with Gasteiger partial charge in [-0.15, -0.1) is 0 Å². The highest BCUT2D eigenvalue weighted by atomic mass is 35.5. The van der Waals surface area contributed by atoms with Crippen molar-refractivity contribution in [1.29, 1.82) is 0 Å². The molecule has 0 bridgehead atoms. The highest BCUT2D eigenvalue weighted by Gasteiger charge is 2.21. The van der Waals surface area contributed by atoms with Crippen LogP contribution >= 0.6 is 23.2 Å². The lowest BCUT2D eigenvalue weighted by atomic mass is 9.97. The van der Waals surface area contributed by atoms with Crippen LogP contribution in [0.25, 0.3) is 0 Å². The van der Waals surface area contributed by atoms with Crippen LogP contribution in [0.4, 0.5) is 8.78 Å². The van der Waals surface area contributed by atoms with E-state index >= 15 is 0 Å². The van der Waals surface area contributed by atoms with Gasteiger partial charge in [0.05, 0.1) is 16.1 Å². The molecule has 2 aromatic rings. The zero-order valence-electron chi connectivity index (χ0n) is 10.6. The molecule has 1 unspecified atom stereocenters. The fourth-order valence-electron chi connectivity index (χ4n) is 1.99. The molecule has 1 atom stereocenters. The number of rotatable bonds is 3. The van der Waals surface area contributed by atoms with Crippen LogP contribution in [0, 0.1) is 18.6 Å². The molecular weight excluding hydrogens is 305 g/mol. The Bertz CT molecular complexity index is 647. The average molecular weight is 317 g/mol. The normalized spacial score (nSPS) is 12.5. The SMILES string of the molecule is Cc1cc(C(NN)c2cccc(Cl)c2Cl)c(F)cc1F. The van der Waals surface area contributed by atoms with E-state index < -0.39 is 17.7 Å². The summed E-state index contributed by atoms with van der Waals surface area (Å²) in [6.45, 7) is 1.55. The van der Waals surface area contributed by atoms with E-state index in [1.807, 2.05) is 0 Å². The van der Waals surface area contributed by atoms with Crippen molar-refractivity contribution in [2.75, 3.05) is 0 Å². The van der Waals surface area contributed by atoms with Gasteiger partial charge in [0.25, 0.3) is 0 Å². The van der Waals surface area contributed by atoms with Crippen LogP contribution in [0.1, 0.15) is 22.7 Å². The van der Waals surface area contributed by atoms with E-state index in [0.29, 0.717) is 16.1 Å². The van der Waals surface area contributed by atoms with Crippen molar-refractivity contribution in [2.24, 2.45) is 5.84 Å². The number of hydrogen-bond donors (Lipinski definition) is 2. The van der Waals surface area contributed by atoms with Crippen LogP contribution in [0.3, 0.4) is 0 Å². The molecule has 0 aromatic heterocycles. The van der Waals surface area contributed by atoms with Gasteiger partial charge in [-0.3, -0.25) is 5.84 Å². The monoisotopic (exact) mass is 316 g/mol. The second-order valence-electron chi connectivity index (χ2n) is 4.37. The zero-order chi connectivity index (χ0) is 14.9. The topological polar surface area (TPSA) is 38.0 Å². The van der Waals surface area contributed by atoms with Crippen molar-refractivity contribution in [3.8, 4) is 0 Å². The third kappa shape index (κ3) is 2.79. The van der Waals surface area contributed by atoms with Gasteiger partial charge in [-0.25, -0.2) is 14.2 Å². The number of nitrogens with one attached hydrogen (secondary N) is 1. The average Bonchev–Trinajstić information content (AvgIpc) is 2.41. The molecule has 0 amide bonds. The predicted octanol–water partition coefficient (Wildman–Crippen LogP) is 4.13. The molecule has 2 nitrogen and oxygen atoms in total. The molecule has 0 aliphatic rings. The maximum Gasteiger partial charge on any atom is 0.131 e. The van der Waals surface area contributed by atoms with Crippen molar-refractivity contribution in [3.63, 3.8) is 0 Å². The zero-order valence-corrected chi connectivity index (χ0v) is 12.1. The number of hydrazine groups is 1. The Balaban J connectivity index is 2.58. The minimum atomic E-state index is -0.722. The van der Waals surface area contributed by atoms with Crippen LogP contribution in [-0.4, -0.2) is 0 Å². The summed E-state index contributed by atoms with van der Waals surface area (Å²) >= 11 is 12.1. The van der Waals surface area contributed by atoms with E-state index in [0.717, 1.165) is 6.07 Å². The highest BCUT2D eigenvalue weighted by Crippen LogP contribution is 2.34. The fourth-order valence-corrected chi connectivity index (χ4v) is 2.41. The summed E-state index contributed by atoms with van der Waals surface area (Å²) in [4.78, 5) is 0. The Kier molecular flexibility index (Phi) is 4.60. The van der Waals surface area contributed by atoms with Crippen molar-refractivity contribution < 1.29 is 8.78 Å². The molecule has 2 aromatic carbocycles. The van der Waals surface area contributed by atoms with E-state index in [2.05, 4.69) is 5.43 Å². The largest absolute Gasteiger partial charge is 0.271 e. The van der Waals surface area contributed by atoms with E-state index in [4.69, 9.17) is 29.0 Å².